The number of benzene rings is 1. The summed E-state index contributed by atoms with van der Waals surface area (Å²) < 4.78 is 35.2. The molecule has 0 unspecified atom stereocenters. The SMILES string of the molecule is CCc1cc2oc(=O)cc(COC(=O)C3CCN(S(C)(=O)=O)CC3)c2cc1Cl. The molecule has 0 saturated carbocycles. The van der Waals surface area contributed by atoms with E-state index in [0.717, 1.165) is 11.8 Å². The number of halogens is 1. The minimum atomic E-state index is -3.25. The predicted molar refractivity (Wildman–Crippen MR) is 106 cm³/mol. The molecule has 1 aromatic carbocycles. The highest BCUT2D eigenvalue weighted by Gasteiger charge is 2.30. The number of carbonyl (C=O) groups excluding carboxylic acids is 1. The van der Waals surface area contributed by atoms with Crippen molar-refractivity contribution < 1.29 is 22.4 Å². The van der Waals surface area contributed by atoms with Gasteiger partial charge in [-0.1, -0.05) is 18.5 Å². The van der Waals surface area contributed by atoms with E-state index in [1.165, 1.54) is 10.4 Å². The number of ether oxygens (including phenoxy) is 1. The van der Waals surface area contributed by atoms with Crippen molar-refractivity contribution in [1.29, 1.82) is 0 Å². The van der Waals surface area contributed by atoms with E-state index >= 15 is 0 Å². The molecule has 1 aliphatic heterocycles. The fraction of sp³-hybridized carbons (Fsp3) is 0.474. The lowest BCUT2D eigenvalue weighted by atomic mass is 9.98. The van der Waals surface area contributed by atoms with Gasteiger partial charge in [0.25, 0.3) is 0 Å². The summed E-state index contributed by atoms with van der Waals surface area (Å²) in [6.45, 7) is 2.47. The maximum Gasteiger partial charge on any atom is 0.336 e. The van der Waals surface area contributed by atoms with Gasteiger partial charge in [0.2, 0.25) is 10.0 Å². The van der Waals surface area contributed by atoms with Gasteiger partial charge in [-0.2, -0.15) is 0 Å². The van der Waals surface area contributed by atoms with E-state index in [9.17, 15) is 18.0 Å². The van der Waals surface area contributed by atoms with Crippen molar-refractivity contribution in [2.24, 2.45) is 5.92 Å². The second-order valence-electron chi connectivity index (χ2n) is 6.93. The van der Waals surface area contributed by atoms with Gasteiger partial charge in [-0.05, 0) is 37.0 Å². The Morgan fingerprint density at radius 1 is 1.25 bits per heavy atom. The third-order valence-electron chi connectivity index (χ3n) is 5.00. The van der Waals surface area contributed by atoms with Crippen LogP contribution in [0.5, 0.6) is 0 Å². The fourth-order valence-corrected chi connectivity index (χ4v) is 4.54. The Morgan fingerprint density at radius 3 is 2.54 bits per heavy atom. The third-order valence-corrected chi connectivity index (χ3v) is 6.66. The van der Waals surface area contributed by atoms with Crippen LogP contribution in [0, 0.1) is 5.92 Å². The van der Waals surface area contributed by atoms with Gasteiger partial charge in [-0.3, -0.25) is 4.79 Å². The van der Waals surface area contributed by atoms with Crippen LogP contribution in [0.3, 0.4) is 0 Å². The zero-order valence-corrected chi connectivity index (χ0v) is 17.3. The van der Waals surface area contributed by atoms with Crippen molar-refractivity contribution in [3.05, 3.63) is 44.8 Å². The molecule has 3 rings (SSSR count). The molecule has 0 radical (unpaired) electrons. The molecule has 0 N–H and O–H groups in total. The molecular weight excluding hydrogens is 406 g/mol. The van der Waals surface area contributed by atoms with Crippen molar-refractivity contribution in [3.63, 3.8) is 0 Å². The van der Waals surface area contributed by atoms with Crippen LogP contribution in [0.1, 0.15) is 30.9 Å². The van der Waals surface area contributed by atoms with Crippen LogP contribution in [-0.2, 0) is 32.6 Å². The van der Waals surface area contributed by atoms with E-state index in [1.807, 2.05) is 6.92 Å². The number of esters is 1. The first-order valence-electron chi connectivity index (χ1n) is 9.06. The Labute approximate surface area is 168 Å². The number of nitrogens with zero attached hydrogens (tertiary/aromatic N) is 1. The molecule has 2 aromatic rings. The Bertz CT molecular complexity index is 1050. The molecule has 1 fully saturated rings. The average Bonchev–Trinajstić information content (AvgIpc) is 2.65. The lowest BCUT2D eigenvalue weighted by Gasteiger charge is -2.28. The number of sulfonamides is 1. The minimum Gasteiger partial charge on any atom is -0.461 e. The minimum absolute atomic E-state index is 0.0744. The summed E-state index contributed by atoms with van der Waals surface area (Å²) in [6, 6.07) is 4.74. The van der Waals surface area contributed by atoms with Gasteiger partial charge in [0.15, 0.2) is 0 Å². The van der Waals surface area contributed by atoms with Gasteiger partial charge < -0.3 is 9.15 Å². The number of hydrogen-bond donors (Lipinski definition) is 0. The lowest BCUT2D eigenvalue weighted by molar-refractivity contribution is -0.151. The van der Waals surface area contributed by atoms with Crippen molar-refractivity contribution in [2.45, 2.75) is 32.8 Å². The van der Waals surface area contributed by atoms with Crippen molar-refractivity contribution in [1.82, 2.24) is 4.31 Å². The second kappa shape index (κ2) is 8.23. The highest BCUT2D eigenvalue weighted by Crippen LogP contribution is 2.27. The number of hydrogen-bond acceptors (Lipinski definition) is 6. The van der Waals surface area contributed by atoms with Gasteiger partial charge in [-0.15, -0.1) is 0 Å². The number of carbonyl (C=O) groups is 1. The molecule has 0 bridgehead atoms. The van der Waals surface area contributed by atoms with Gasteiger partial charge in [0.1, 0.15) is 12.2 Å². The van der Waals surface area contributed by atoms with Crippen LogP contribution in [0.15, 0.2) is 27.4 Å². The number of fused-ring (bicyclic) bond motifs is 1. The van der Waals surface area contributed by atoms with Crippen LogP contribution in [0.25, 0.3) is 11.0 Å². The van der Waals surface area contributed by atoms with E-state index in [2.05, 4.69) is 0 Å². The van der Waals surface area contributed by atoms with Crippen molar-refractivity contribution in [3.8, 4) is 0 Å². The number of aryl methyl sites for hydroxylation is 1. The predicted octanol–water partition coefficient (Wildman–Crippen LogP) is 2.72. The first kappa shape index (κ1) is 20.8. The molecule has 0 atom stereocenters. The number of rotatable bonds is 5. The van der Waals surface area contributed by atoms with E-state index in [0.29, 0.717) is 53.9 Å². The van der Waals surface area contributed by atoms with E-state index in [-0.39, 0.29) is 12.5 Å². The first-order valence-corrected chi connectivity index (χ1v) is 11.3. The molecule has 152 valence electrons. The van der Waals surface area contributed by atoms with Gasteiger partial charge in [0.05, 0.1) is 12.2 Å². The van der Waals surface area contributed by atoms with Gasteiger partial charge >= 0.3 is 11.6 Å². The van der Waals surface area contributed by atoms with Crippen LogP contribution in [-0.4, -0.2) is 38.0 Å². The fourth-order valence-electron chi connectivity index (χ4n) is 3.37. The van der Waals surface area contributed by atoms with E-state index < -0.39 is 21.6 Å². The zero-order chi connectivity index (χ0) is 20.5. The standard InChI is InChI=1S/C19H22ClNO6S/c1-3-12-8-17-15(10-16(12)20)14(9-18(22)27-17)11-26-19(23)13-4-6-21(7-5-13)28(2,24)25/h8-10,13H,3-7,11H2,1-2H3. The second-order valence-corrected chi connectivity index (χ2v) is 9.32. The molecule has 2 heterocycles. The quantitative estimate of drug-likeness (QED) is 0.538. The summed E-state index contributed by atoms with van der Waals surface area (Å²) in [5, 5.41) is 1.19. The van der Waals surface area contributed by atoms with Crippen LogP contribution in [0.2, 0.25) is 5.02 Å². The average molecular weight is 428 g/mol. The summed E-state index contributed by atoms with van der Waals surface area (Å²) in [4.78, 5) is 24.3. The Kier molecular flexibility index (Phi) is 6.12. The molecule has 0 aliphatic carbocycles. The molecule has 7 nitrogen and oxygen atoms in total. The summed E-state index contributed by atoms with van der Waals surface area (Å²) >= 11 is 6.27. The summed E-state index contributed by atoms with van der Waals surface area (Å²) in [7, 11) is -3.25. The molecule has 0 amide bonds. The van der Waals surface area contributed by atoms with Crippen molar-refractivity contribution >= 4 is 38.6 Å². The normalized spacial score (nSPS) is 16.4. The van der Waals surface area contributed by atoms with Crippen LogP contribution >= 0.6 is 11.6 Å². The lowest BCUT2D eigenvalue weighted by Crippen LogP contribution is -2.40. The maximum absolute atomic E-state index is 12.4. The molecule has 28 heavy (non-hydrogen) atoms. The summed E-state index contributed by atoms with van der Waals surface area (Å²) in [5.41, 5.74) is 1.27. The Balaban J connectivity index is 1.72. The molecule has 1 aromatic heterocycles. The molecule has 9 heteroatoms. The zero-order valence-electron chi connectivity index (χ0n) is 15.7. The van der Waals surface area contributed by atoms with Crippen LogP contribution in [0.4, 0.5) is 0 Å². The van der Waals surface area contributed by atoms with Gasteiger partial charge in [0, 0.05) is 35.1 Å². The monoisotopic (exact) mass is 427 g/mol. The van der Waals surface area contributed by atoms with E-state index in [1.54, 1.807) is 12.1 Å². The van der Waals surface area contributed by atoms with Gasteiger partial charge in [-0.25, -0.2) is 17.5 Å². The summed E-state index contributed by atoms with van der Waals surface area (Å²) in [5.74, 6) is -0.759. The smallest absolute Gasteiger partial charge is 0.336 e. The molecule has 1 saturated heterocycles. The Hall–Kier alpha value is -1.90. The Morgan fingerprint density at radius 2 is 1.93 bits per heavy atom. The first-order chi connectivity index (χ1) is 13.2. The third kappa shape index (κ3) is 4.56. The highest BCUT2D eigenvalue weighted by atomic mass is 35.5. The largest absolute Gasteiger partial charge is 0.461 e. The van der Waals surface area contributed by atoms with Crippen LogP contribution < -0.4 is 5.63 Å². The highest BCUT2D eigenvalue weighted by molar-refractivity contribution is 7.88. The molecular formula is C19H22ClNO6S. The molecule has 0 spiro atoms. The van der Waals surface area contributed by atoms with E-state index in [4.69, 9.17) is 20.8 Å². The maximum atomic E-state index is 12.4. The van der Waals surface area contributed by atoms with Crippen molar-refractivity contribution in [2.75, 3.05) is 19.3 Å². The topological polar surface area (TPSA) is 93.9 Å². The summed E-state index contributed by atoms with van der Waals surface area (Å²) in [6.07, 6.45) is 2.68. The number of piperidine rings is 1. The molecule has 1 aliphatic rings.